The molecule has 5 nitrogen and oxygen atoms in total. The minimum absolute atomic E-state index is 0.0422. The number of hydrogen-bond donors (Lipinski definition) is 3. The summed E-state index contributed by atoms with van der Waals surface area (Å²) in [6.07, 6.45) is 2.46. The molecule has 1 aliphatic rings. The molecule has 1 heterocycles. The summed E-state index contributed by atoms with van der Waals surface area (Å²) in [5, 5.41) is 2.74. The number of pyridine rings is 1. The molecule has 0 atom stereocenters. The Labute approximate surface area is 104 Å². The van der Waals surface area contributed by atoms with E-state index in [9.17, 15) is 8.78 Å². The molecule has 0 saturated heterocycles. The predicted octanol–water partition coefficient (Wildman–Crippen LogP) is 1.48. The van der Waals surface area contributed by atoms with Crippen molar-refractivity contribution in [2.75, 3.05) is 30.5 Å². The van der Waals surface area contributed by atoms with Crippen molar-refractivity contribution in [2.24, 2.45) is 11.8 Å². The van der Waals surface area contributed by atoms with Gasteiger partial charge in [0.2, 0.25) is 0 Å². The number of nitrogens with two attached hydrogens (primary N) is 1. The highest BCUT2D eigenvalue weighted by atomic mass is 19.1. The second kappa shape index (κ2) is 5.92. The lowest BCUT2D eigenvalue weighted by Crippen LogP contribution is -2.16. The van der Waals surface area contributed by atoms with E-state index in [1.165, 1.54) is 12.8 Å². The van der Waals surface area contributed by atoms with Gasteiger partial charge in [-0.1, -0.05) is 0 Å². The third-order valence-corrected chi connectivity index (χ3v) is 2.66. The molecule has 0 unspecified atom stereocenters. The molecule has 1 fully saturated rings. The first-order valence-corrected chi connectivity index (χ1v) is 5.85. The first kappa shape index (κ1) is 13.0. The van der Waals surface area contributed by atoms with Crippen molar-refractivity contribution < 1.29 is 13.5 Å². The molecule has 2 rings (SSSR count). The van der Waals surface area contributed by atoms with Gasteiger partial charge in [0.25, 0.3) is 0 Å². The van der Waals surface area contributed by atoms with Crippen LogP contribution in [-0.4, -0.2) is 24.7 Å². The van der Waals surface area contributed by atoms with Gasteiger partial charge in [0.05, 0.1) is 6.61 Å². The maximum atomic E-state index is 13.3. The third-order valence-electron chi connectivity index (χ3n) is 2.66. The van der Waals surface area contributed by atoms with Crippen LogP contribution in [0.5, 0.6) is 0 Å². The molecule has 7 heteroatoms. The zero-order valence-corrected chi connectivity index (χ0v) is 9.88. The molecule has 0 spiro atoms. The number of halogens is 2. The van der Waals surface area contributed by atoms with E-state index >= 15 is 0 Å². The smallest absolute Gasteiger partial charge is 0.178 e. The first-order chi connectivity index (χ1) is 8.70. The zero-order chi connectivity index (χ0) is 13.0. The Balaban J connectivity index is 1.79. The molecule has 1 aliphatic carbocycles. The van der Waals surface area contributed by atoms with Crippen LogP contribution >= 0.6 is 0 Å². The van der Waals surface area contributed by atoms with E-state index in [-0.39, 0.29) is 11.6 Å². The van der Waals surface area contributed by atoms with Gasteiger partial charge in [-0.15, -0.1) is 0 Å². The van der Waals surface area contributed by atoms with E-state index in [1.54, 1.807) is 0 Å². The second-order valence-electron chi connectivity index (χ2n) is 4.24. The molecule has 0 aromatic carbocycles. The summed E-state index contributed by atoms with van der Waals surface area (Å²) in [6.45, 7) is 1.61. The molecule has 0 radical (unpaired) electrons. The van der Waals surface area contributed by atoms with Crippen molar-refractivity contribution in [3.8, 4) is 0 Å². The molecule has 100 valence electrons. The third kappa shape index (κ3) is 3.51. The Hall–Kier alpha value is -1.47. The van der Waals surface area contributed by atoms with Gasteiger partial charge in [-0.3, -0.25) is 0 Å². The second-order valence-corrected chi connectivity index (χ2v) is 4.24. The Kier molecular flexibility index (Phi) is 4.27. The van der Waals surface area contributed by atoms with Gasteiger partial charge >= 0.3 is 0 Å². The van der Waals surface area contributed by atoms with Crippen LogP contribution in [0.15, 0.2) is 6.07 Å². The summed E-state index contributed by atoms with van der Waals surface area (Å²) in [7, 11) is 0. The Morgan fingerprint density at radius 3 is 2.72 bits per heavy atom. The monoisotopic (exact) mass is 258 g/mol. The molecular weight excluding hydrogens is 242 g/mol. The largest absolute Gasteiger partial charge is 0.379 e. The topological polar surface area (TPSA) is 72.2 Å². The molecule has 1 saturated carbocycles. The van der Waals surface area contributed by atoms with Crippen molar-refractivity contribution in [2.45, 2.75) is 12.8 Å². The first-order valence-electron chi connectivity index (χ1n) is 5.85. The van der Waals surface area contributed by atoms with Gasteiger partial charge in [-0.2, -0.15) is 0 Å². The van der Waals surface area contributed by atoms with Gasteiger partial charge < -0.3 is 15.5 Å². The van der Waals surface area contributed by atoms with Crippen molar-refractivity contribution in [3.63, 3.8) is 0 Å². The van der Waals surface area contributed by atoms with E-state index in [0.29, 0.717) is 19.1 Å². The van der Waals surface area contributed by atoms with Crippen molar-refractivity contribution >= 4 is 11.6 Å². The molecule has 18 heavy (non-hydrogen) atoms. The van der Waals surface area contributed by atoms with Gasteiger partial charge in [-0.05, 0) is 18.8 Å². The van der Waals surface area contributed by atoms with Crippen molar-refractivity contribution in [3.05, 3.63) is 17.7 Å². The highest BCUT2D eigenvalue weighted by molar-refractivity contribution is 5.46. The molecule has 0 amide bonds. The predicted molar refractivity (Wildman–Crippen MR) is 64.0 cm³/mol. The SMILES string of the molecule is NNc1nc(NCCOCC2CC2)c(F)cc1F. The number of nitrogens with one attached hydrogen (secondary N) is 2. The number of hydrogen-bond acceptors (Lipinski definition) is 5. The zero-order valence-electron chi connectivity index (χ0n) is 9.88. The lowest BCUT2D eigenvalue weighted by atomic mass is 10.4. The fourth-order valence-electron chi connectivity index (χ4n) is 1.47. The Bertz CT molecular complexity index is 412. The number of anilines is 2. The minimum Gasteiger partial charge on any atom is -0.379 e. The van der Waals surface area contributed by atoms with Gasteiger partial charge in [0, 0.05) is 19.2 Å². The van der Waals surface area contributed by atoms with Crippen LogP contribution in [-0.2, 0) is 4.74 Å². The fraction of sp³-hybridized carbons (Fsp3) is 0.545. The fourth-order valence-corrected chi connectivity index (χ4v) is 1.47. The number of ether oxygens (including phenoxy) is 1. The summed E-state index contributed by atoms with van der Waals surface area (Å²) in [5.41, 5.74) is 2.06. The average Bonchev–Trinajstić information content (AvgIpc) is 3.15. The van der Waals surface area contributed by atoms with Crippen LogP contribution < -0.4 is 16.6 Å². The van der Waals surface area contributed by atoms with Gasteiger partial charge in [0.15, 0.2) is 23.3 Å². The minimum atomic E-state index is -0.828. The van der Waals surface area contributed by atoms with E-state index in [2.05, 4.69) is 15.7 Å². The lowest BCUT2D eigenvalue weighted by Gasteiger charge is -2.09. The number of nitrogen functional groups attached to an aromatic ring is 1. The number of nitrogens with zero attached hydrogens (tertiary/aromatic N) is 1. The number of aromatic nitrogens is 1. The van der Waals surface area contributed by atoms with E-state index in [1.807, 2.05) is 0 Å². The van der Waals surface area contributed by atoms with Crippen LogP contribution in [0.4, 0.5) is 20.4 Å². The normalized spacial score (nSPS) is 14.6. The summed E-state index contributed by atoms with van der Waals surface area (Å²) < 4.78 is 31.8. The molecule has 0 bridgehead atoms. The van der Waals surface area contributed by atoms with Crippen LogP contribution in [0.1, 0.15) is 12.8 Å². The molecule has 4 N–H and O–H groups in total. The molecule has 0 aliphatic heterocycles. The molecule has 1 aromatic rings. The van der Waals surface area contributed by atoms with Crippen LogP contribution in [0.2, 0.25) is 0 Å². The maximum absolute atomic E-state index is 13.3. The molecule has 1 aromatic heterocycles. The maximum Gasteiger partial charge on any atom is 0.178 e. The Morgan fingerprint density at radius 2 is 2.06 bits per heavy atom. The highest BCUT2D eigenvalue weighted by Crippen LogP contribution is 2.28. The summed E-state index contributed by atoms with van der Waals surface area (Å²) in [4.78, 5) is 3.68. The van der Waals surface area contributed by atoms with E-state index in [4.69, 9.17) is 10.6 Å². The Morgan fingerprint density at radius 1 is 1.33 bits per heavy atom. The van der Waals surface area contributed by atoms with E-state index in [0.717, 1.165) is 12.7 Å². The average molecular weight is 258 g/mol. The lowest BCUT2D eigenvalue weighted by molar-refractivity contribution is 0.134. The summed E-state index contributed by atoms with van der Waals surface area (Å²) in [6, 6.07) is 0.732. The number of hydrazine groups is 1. The standard InChI is InChI=1S/C11H16F2N4O/c12-8-5-9(13)11(17-14)16-10(8)15-3-4-18-6-7-1-2-7/h5,7H,1-4,6,14H2,(H2,15,16,17). The quantitative estimate of drug-likeness (QED) is 0.392. The van der Waals surface area contributed by atoms with Crippen molar-refractivity contribution in [1.29, 1.82) is 0 Å². The van der Waals surface area contributed by atoms with Crippen molar-refractivity contribution in [1.82, 2.24) is 4.98 Å². The van der Waals surface area contributed by atoms with Gasteiger partial charge in [0.1, 0.15) is 0 Å². The summed E-state index contributed by atoms with van der Waals surface area (Å²) in [5.74, 6) is 3.93. The highest BCUT2D eigenvalue weighted by Gasteiger charge is 2.20. The van der Waals surface area contributed by atoms with Gasteiger partial charge in [-0.25, -0.2) is 19.6 Å². The van der Waals surface area contributed by atoms with Crippen LogP contribution in [0.3, 0.4) is 0 Å². The summed E-state index contributed by atoms with van der Waals surface area (Å²) >= 11 is 0. The van der Waals surface area contributed by atoms with E-state index < -0.39 is 11.6 Å². The number of rotatable bonds is 7. The van der Waals surface area contributed by atoms with Crippen LogP contribution in [0, 0.1) is 17.6 Å². The van der Waals surface area contributed by atoms with Crippen LogP contribution in [0.25, 0.3) is 0 Å². The molecular formula is C11H16F2N4O.